The quantitative estimate of drug-likeness (QED) is 0.567. The zero-order valence-electron chi connectivity index (χ0n) is 6.15. The van der Waals surface area contributed by atoms with Crippen LogP contribution in [-0.4, -0.2) is 18.3 Å². The summed E-state index contributed by atoms with van der Waals surface area (Å²) < 4.78 is 13.3. The summed E-state index contributed by atoms with van der Waals surface area (Å²) in [5.74, 6) is 0. The molecule has 1 saturated carbocycles. The number of nitrogens with two attached hydrogens (primary N) is 2. The Morgan fingerprint density at radius 2 is 1.90 bits per heavy atom. The van der Waals surface area contributed by atoms with E-state index < -0.39 is 5.67 Å². The molecule has 0 aliphatic heterocycles. The van der Waals surface area contributed by atoms with Crippen molar-refractivity contribution in [3.05, 3.63) is 0 Å². The summed E-state index contributed by atoms with van der Waals surface area (Å²) in [5.41, 5.74) is 9.77. The van der Waals surface area contributed by atoms with Crippen LogP contribution in [0.1, 0.15) is 25.7 Å². The second-order valence-corrected chi connectivity index (χ2v) is 3.19. The Bertz CT molecular complexity index is 108. The molecule has 1 rings (SSSR count). The molecule has 0 heterocycles. The van der Waals surface area contributed by atoms with Gasteiger partial charge in [-0.1, -0.05) is 0 Å². The van der Waals surface area contributed by atoms with Crippen molar-refractivity contribution in [2.75, 3.05) is 6.54 Å². The first-order valence-corrected chi connectivity index (χ1v) is 3.81. The van der Waals surface area contributed by atoms with Gasteiger partial charge in [0.05, 0.1) is 0 Å². The predicted octanol–water partition coefficient (Wildman–Crippen LogP) is 0.555. The van der Waals surface area contributed by atoms with E-state index in [1.807, 2.05) is 0 Å². The summed E-state index contributed by atoms with van der Waals surface area (Å²) in [4.78, 5) is 0. The summed E-state index contributed by atoms with van der Waals surface area (Å²) in [5, 5.41) is 0. The Morgan fingerprint density at radius 3 is 2.30 bits per heavy atom. The van der Waals surface area contributed by atoms with E-state index in [9.17, 15) is 4.39 Å². The fourth-order valence-electron chi connectivity index (χ4n) is 1.36. The van der Waals surface area contributed by atoms with E-state index in [-0.39, 0.29) is 12.6 Å². The Morgan fingerprint density at radius 1 is 1.40 bits per heavy atom. The molecule has 0 atom stereocenters. The van der Waals surface area contributed by atoms with Gasteiger partial charge in [-0.15, -0.1) is 0 Å². The molecule has 0 unspecified atom stereocenters. The summed E-state index contributed by atoms with van der Waals surface area (Å²) in [6.07, 6.45) is 2.66. The van der Waals surface area contributed by atoms with Crippen LogP contribution < -0.4 is 11.5 Å². The zero-order valence-corrected chi connectivity index (χ0v) is 6.15. The lowest BCUT2D eigenvalue weighted by Crippen LogP contribution is -2.40. The summed E-state index contributed by atoms with van der Waals surface area (Å²) >= 11 is 0. The van der Waals surface area contributed by atoms with Crippen LogP contribution in [0.4, 0.5) is 4.39 Å². The monoisotopic (exact) mass is 146 g/mol. The van der Waals surface area contributed by atoms with Crippen molar-refractivity contribution in [1.82, 2.24) is 0 Å². The molecule has 1 fully saturated rings. The Hall–Kier alpha value is -0.150. The molecule has 60 valence electrons. The fourth-order valence-corrected chi connectivity index (χ4v) is 1.36. The van der Waals surface area contributed by atoms with E-state index >= 15 is 0 Å². The maximum absolute atomic E-state index is 13.3. The van der Waals surface area contributed by atoms with Crippen LogP contribution in [0.25, 0.3) is 0 Å². The Labute approximate surface area is 60.8 Å². The van der Waals surface area contributed by atoms with Crippen molar-refractivity contribution in [1.29, 1.82) is 0 Å². The lowest BCUT2D eigenvalue weighted by Gasteiger charge is -2.31. The third-order valence-corrected chi connectivity index (χ3v) is 2.29. The molecule has 4 N–H and O–H groups in total. The van der Waals surface area contributed by atoms with Gasteiger partial charge in [-0.2, -0.15) is 0 Å². The third kappa shape index (κ3) is 1.67. The molecular weight excluding hydrogens is 131 g/mol. The fraction of sp³-hybridized carbons (Fsp3) is 1.00. The molecular formula is C7H15FN2. The van der Waals surface area contributed by atoms with Crippen molar-refractivity contribution in [3.8, 4) is 0 Å². The van der Waals surface area contributed by atoms with Gasteiger partial charge in [-0.3, -0.25) is 0 Å². The molecule has 0 amide bonds. The average molecular weight is 146 g/mol. The predicted molar refractivity (Wildman–Crippen MR) is 39.3 cm³/mol. The molecule has 0 spiro atoms. The van der Waals surface area contributed by atoms with Crippen molar-refractivity contribution < 1.29 is 4.39 Å². The molecule has 1 aliphatic carbocycles. The number of halogens is 1. The van der Waals surface area contributed by atoms with Crippen molar-refractivity contribution in [2.24, 2.45) is 11.5 Å². The van der Waals surface area contributed by atoms with Crippen LogP contribution in [0.2, 0.25) is 0 Å². The second-order valence-electron chi connectivity index (χ2n) is 3.19. The van der Waals surface area contributed by atoms with Gasteiger partial charge < -0.3 is 11.5 Å². The van der Waals surface area contributed by atoms with Gasteiger partial charge in [0.15, 0.2) is 0 Å². The third-order valence-electron chi connectivity index (χ3n) is 2.29. The minimum absolute atomic E-state index is 0.152. The van der Waals surface area contributed by atoms with Gasteiger partial charge in [-0.05, 0) is 25.7 Å². The lowest BCUT2D eigenvalue weighted by atomic mass is 9.84. The van der Waals surface area contributed by atoms with Crippen molar-refractivity contribution in [2.45, 2.75) is 37.4 Å². The molecule has 1 aliphatic rings. The van der Waals surface area contributed by atoms with Gasteiger partial charge in [0.1, 0.15) is 5.67 Å². The number of hydrogen-bond donors (Lipinski definition) is 2. The normalized spacial score (nSPS) is 41.7. The van der Waals surface area contributed by atoms with Crippen LogP contribution >= 0.6 is 0 Å². The van der Waals surface area contributed by atoms with Crippen LogP contribution in [0, 0.1) is 0 Å². The van der Waals surface area contributed by atoms with E-state index in [0.29, 0.717) is 12.8 Å². The zero-order chi connectivity index (χ0) is 7.61. The molecule has 0 aromatic rings. The lowest BCUT2D eigenvalue weighted by molar-refractivity contribution is 0.109. The number of alkyl halides is 1. The molecule has 0 aromatic carbocycles. The van der Waals surface area contributed by atoms with E-state index in [1.54, 1.807) is 0 Å². The van der Waals surface area contributed by atoms with E-state index in [2.05, 4.69) is 0 Å². The van der Waals surface area contributed by atoms with Gasteiger partial charge >= 0.3 is 0 Å². The van der Waals surface area contributed by atoms with Gasteiger partial charge in [0.25, 0.3) is 0 Å². The van der Waals surface area contributed by atoms with E-state index in [1.165, 1.54) is 0 Å². The van der Waals surface area contributed by atoms with Gasteiger partial charge in [-0.25, -0.2) is 4.39 Å². The highest BCUT2D eigenvalue weighted by Gasteiger charge is 2.32. The summed E-state index contributed by atoms with van der Waals surface area (Å²) in [6, 6.07) is 0.204. The van der Waals surface area contributed by atoms with Crippen molar-refractivity contribution >= 4 is 0 Å². The minimum Gasteiger partial charge on any atom is -0.328 e. The van der Waals surface area contributed by atoms with Gasteiger partial charge in [0, 0.05) is 12.6 Å². The highest BCUT2D eigenvalue weighted by atomic mass is 19.1. The van der Waals surface area contributed by atoms with E-state index in [0.717, 1.165) is 12.8 Å². The molecule has 0 radical (unpaired) electrons. The van der Waals surface area contributed by atoms with Crippen LogP contribution in [-0.2, 0) is 0 Å². The summed E-state index contributed by atoms with van der Waals surface area (Å²) in [7, 11) is 0. The standard InChI is InChI=1S/C7H15FN2/c8-7(5-9)3-1-6(10)2-4-7/h6H,1-5,9-10H2. The molecule has 0 bridgehead atoms. The minimum atomic E-state index is -1.10. The number of hydrogen-bond acceptors (Lipinski definition) is 2. The Balaban J connectivity index is 2.38. The second kappa shape index (κ2) is 2.84. The smallest absolute Gasteiger partial charge is 0.123 e. The summed E-state index contributed by atoms with van der Waals surface area (Å²) in [6.45, 7) is 0.152. The maximum Gasteiger partial charge on any atom is 0.123 e. The first-order valence-electron chi connectivity index (χ1n) is 3.81. The van der Waals surface area contributed by atoms with E-state index in [4.69, 9.17) is 11.5 Å². The SMILES string of the molecule is NCC1(F)CCC(N)CC1. The molecule has 0 saturated heterocycles. The Kier molecular flexibility index (Phi) is 2.26. The van der Waals surface area contributed by atoms with Crippen molar-refractivity contribution in [3.63, 3.8) is 0 Å². The molecule has 10 heavy (non-hydrogen) atoms. The maximum atomic E-state index is 13.3. The van der Waals surface area contributed by atoms with Crippen LogP contribution in [0.3, 0.4) is 0 Å². The average Bonchev–Trinajstić information content (AvgIpc) is 1.96. The van der Waals surface area contributed by atoms with Crippen LogP contribution in [0.15, 0.2) is 0 Å². The van der Waals surface area contributed by atoms with Gasteiger partial charge in [0.2, 0.25) is 0 Å². The molecule has 0 aromatic heterocycles. The first kappa shape index (κ1) is 7.95. The van der Waals surface area contributed by atoms with Crippen LogP contribution in [0.5, 0.6) is 0 Å². The first-order chi connectivity index (χ1) is 4.66. The largest absolute Gasteiger partial charge is 0.328 e. The highest BCUT2D eigenvalue weighted by molar-refractivity contribution is 4.87. The number of rotatable bonds is 1. The molecule has 2 nitrogen and oxygen atoms in total. The topological polar surface area (TPSA) is 52.0 Å². The highest BCUT2D eigenvalue weighted by Crippen LogP contribution is 2.29. The molecule has 3 heteroatoms.